The highest BCUT2D eigenvalue weighted by molar-refractivity contribution is 5.22. The van der Waals surface area contributed by atoms with Crippen molar-refractivity contribution in [3.8, 4) is 5.75 Å². The molecule has 0 unspecified atom stereocenters. The van der Waals surface area contributed by atoms with Gasteiger partial charge >= 0.3 is 0 Å². The van der Waals surface area contributed by atoms with Crippen LogP contribution in [0, 0.1) is 0 Å². The molecule has 0 spiro atoms. The number of nitrogens with zero attached hydrogens (tertiary/aromatic N) is 3. The second kappa shape index (κ2) is 6.10. The first-order valence-electron chi connectivity index (χ1n) is 7.68. The number of ether oxygens (including phenoxy) is 1. The van der Waals surface area contributed by atoms with Gasteiger partial charge in [-0.15, -0.1) is 0 Å². The highest BCUT2D eigenvalue weighted by atomic mass is 16.5. The lowest BCUT2D eigenvalue weighted by Crippen LogP contribution is -2.56. The van der Waals surface area contributed by atoms with Crippen LogP contribution in [0.2, 0.25) is 0 Å². The van der Waals surface area contributed by atoms with Gasteiger partial charge < -0.3 is 9.84 Å². The quantitative estimate of drug-likeness (QED) is 0.936. The molecule has 3 rings (SSSR count). The summed E-state index contributed by atoms with van der Waals surface area (Å²) in [6.45, 7) is 4.18. The zero-order valence-electron chi connectivity index (χ0n) is 13.1. The van der Waals surface area contributed by atoms with Crippen molar-refractivity contribution in [3.05, 3.63) is 48.3 Å². The smallest absolute Gasteiger partial charge is 0.140 e. The van der Waals surface area contributed by atoms with Gasteiger partial charge in [0.05, 0.1) is 5.69 Å². The molecular formula is C17H23N3O2. The van der Waals surface area contributed by atoms with E-state index < -0.39 is 5.60 Å². The van der Waals surface area contributed by atoms with Gasteiger partial charge in [-0.25, -0.2) is 0 Å². The molecule has 0 bridgehead atoms. The minimum absolute atomic E-state index is 0.243. The van der Waals surface area contributed by atoms with Gasteiger partial charge in [-0.1, -0.05) is 18.2 Å². The van der Waals surface area contributed by atoms with Crippen LogP contribution in [0.5, 0.6) is 5.75 Å². The number of hydrogen-bond donors (Lipinski definition) is 1. The summed E-state index contributed by atoms with van der Waals surface area (Å²) in [5.41, 5.74) is 0.235. The fourth-order valence-corrected chi connectivity index (χ4v) is 2.82. The number of benzene rings is 1. The van der Waals surface area contributed by atoms with Crippen LogP contribution in [-0.4, -0.2) is 44.6 Å². The van der Waals surface area contributed by atoms with E-state index in [1.165, 1.54) is 0 Å². The standard InChI is InChI=1S/C17H23N3O2/c1-17(21)9-11-20(12-14-8-10-19(2)18-14)13-16(17)22-15-6-4-3-5-7-15/h3-8,10,16,21H,9,11-13H2,1-2H3/t16-,17-/m1/s1. The second-order valence-corrected chi connectivity index (χ2v) is 6.24. The Morgan fingerprint density at radius 3 is 2.77 bits per heavy atom. The molecule has 1 fully saturated rings. The fourth-order valence-electron chi connectivity index (χ4n) is 2.82. The van der Waals surface area contributed by atoms with Crippen LogP contribution in [0.3, 0.4) is 0 Å². The third-order valence-corrected chi connectivity index (χ3v) is 4.23. The van der Waals surface area contributed by atoms with Crippen molar-refractivity contribution < 1.29 is 9.84 Å². The van der Waals surface area contributed by atoms with E-state index in [2.05, 4.69) is 10.00 Å². The Morgan fingerprint density at radius 2 is 2.09 bits per heavy atom. The van der Waals surface area contributed by atoms with E-state index in [-0.39, 0.29) is 6.10 Å². The summed E-state index contributed by atoms with van der Waals surface area (Å²) in [6, 6.07) is 11.7. The Hall–Kier alpha value is -1.85. The lowest BCUT2D eigenvalue weighted by atomic mass is 9.90. The first-order valence-corrected chi connectivity index (χ1v) is 7.68. The molecule has 0 saturated carbocycles. The Balaban J connectivity index is 1.67. The van der Waals surface area contributed by atoms with Gasteiger partial charge in [0.15, 0.2) is 0 Å². The van der Waals surface area contributed by atoms with Gasteiger partial charge in [-0.2, -0.15) is 5.10 Å². The highest BCUT2D eigenvalue weighted by Crippen LogP contribution is 2.27. The summed E-state index contributed by atoms with van der Waals surface area (Å²) >= 11 is 0. The molecule has 2 atom stereocenters. The summed E-state index contributed by atoms with van der Waals surface area (Å²) in [5, 5.41) is 15.0. The van der Waals surface area contributed by atoms with Gasteiger partial charge in [0, 0.05) is 32.9 Å². The molecule has 0 aliphatic carbocycles. The minimum Gasteiger partial charge on any atom is -0.486 e. The van der Waals surface area contributed by atoms with E-state index in [1.807, 2.05) is 61.2 Å². The van der Waals surface area contributed by atoms with Gasteiger partial charge in [0.1, 0.15) is 17.5 Å². The summed E-state index contributed by atoms with van der Waals surface area (Å²) in [5.74, 6) is 0.799. The average molecular weight is 301 g/mol. The van der Waals surface area contributed by atoms with Gasteiger partial charge in [-0.05, 0) is 31.5 Å². The van der Waals surface area contributed by atoms with Crippen molar-refractivity contribution in [3.63, 3.8) is 0 Å². The van der Waals surface area contributed by atoms with Crippen LogP contribution < -0.4 is 4.74 Å². The van der Waals surface area contributed by atoms with E-state index in [1.54, 1.807) is 0 Å². The maximum atomic E-state index is 10.6. The molecule has 1 aliphatic rings. The molecule has 1 aromatic carbocycles. The van der Waals surface area contributed by atoms with Crippen LogP contribution in [0.1, 0.15) is 19.0 Å². The van der Waals surface area contributed by atoms with E-state index in [0.29, 0.717) is 13.0 Å². The molecule has 5 nitrogen and oxygen atoms in total. The molecular weight excluding hydrogens is 278 g/mol. The van der Waals surface area contributed by atoms with Crippen molar-refractivity contribution in [1.29, 1.82) is 0 Å². The molecule has 1 aliphatic heterocycles. The Labute approximate surface area is 131 Å². The molecule has 2 aromatic rings. The Kier molecular flexibility index (Phi) is 4.18. The van der Waals surface area contributed by atoms with Gasteiger partial charge in [0.25, 0.3) is 0 Å². The monoisotopic (exact) mass is 301 g/mol. The summed E-state index contributed by atoms with van der Waals surface area (Å²) in [6.07, 6.45) is 2.40. The number of rotatable bonds is 4. The van der Waals surface area contributed by atoms with E-state index >= 15 is 0 Å². The van der Waals surface area contributed by atoms with Crippen LogP contribution in [0.4, 0.5) is 0 Å². The average Bonchev–Trinajstić information content (AvgIpc) is 2.89. The first-order chi connectivity index (χ1) is 10.5. The molecule has 0 amide bonds. The molecule has 22 heavy (non-hydrogen) atoms. The number of para-hydroxylation sites is 1. The van der Waals surface area contributed by atoms with Crippen molar-refractivity contribution in [2.75, 3.05) is 13.1 Å². The molecule has 1 aromatic heterocycles. The normalized spacial score (nSPS) is 26.0. The van der Waals surface area contributed by atoms with Gasteiger partial charge in [0.2, 0.25) is 0 Å². The number of aliphatic hydroxyl groups is 1. The maximum absolute atomic E-state index is 10.6. The lowest BCUT2D eigenvalue weighted by molar-refractivity contribution is -0.0966. The summed E-state index contributed by atoms with van der Waals surface area (Å²) in [4.78, 5) is 2.29. The van der Waals surface area contributed by atoms with Crippen molar-refractivity contribution in [1.82, 2.24) is 14.7 Å². The first kappa shape index (κ1) is 15.1. The van der Waals surface area contributed by atoms with E-state index in [4.69, 9.17) is 4.74 Å². The topological polar surface area (TPSA) is 50.5 Å². The van der Waals surface area contributed by atoms with Crippen LogP contribution >= 0.6 is 0 Å². The molecule has 1 saturated heterocycles. The molecule has 5 heteroatoms. The minimum atomic E-state index is -0.809. The zero-order valence-corrected chi connectivity index (χ0v) is 13.1. The SMILES string of the molecule is Cn1ccc(CN2CC[C@@](C)(O)[C@H](Oc3ccccc3)C2)n1. The zero-order chi connectivity index (χ0) is 15.6. The highest BCUT2D eigenvalue weighted by Gasteiger charge is 2.39. The van der Waals surface area contributed by atoms with Crippen molar-refractivity contribution in [2.24, 2.45) is 7.05 Å². The number of piperidine rings is 1. The Bertz CT molecular complexity index is 609. The van der Waals surface area contributed by atoms with Crippen molar-refractivity contribution in [2.45, 2.75) is 31.6 Å². The van der Waals surface area contributed by atoms with E-state index in [9.17, 15) is 5.11 Å². The number of likely N-dealkylation sites (tertiary alicyclic amines) is 1. The third kappa shape index (κ3) is 3.48. The predicted molar refractivity (Wildman–Crippen MR) is 84.6 cm³/mol. The molecule has 2 heterocycles. The summed E-state index contributed by atoms with van der Waals surface area (Å²) in [7, 11) is 1.92. The number of aryl methyl sites for hydroxylation is 1. The Morgan fingerprint density at radius 1 is 1.32 bits per heavy atom. The van der Waals surface area contributed by atoms with Crippen LogP contribution in [-0.2, 0) is 13.6 Å². The molecule has 0 radical (unpaired) electrons. The van der Waals surface area contributed by atoms with E-state index in [0.717, 1.165) is 24.5 Å². The fraction of sp³-hybridized carbons (Fsp3) is 0.471. The lowest BCUT2D eigenvalue weighted by Gasteiger charge is -2.42. The maximum Gasteiger partial charge on any atom is 0.140 e. The van der Waals surface area contributed by atoms with Crippen LogP contribution in [0.25, 0.3) is 0 Å². The number of aromatic nitrogens is 2. The largest absolute Gasteiger partial charge is 0.486 e. The van der Waals surface area contributed by atoms with Gasteiger partial charge in [-0.3, -0.25) is 9.58 Å². The summed E-state index contributed by atoms with van der Waals surface area (Å²) < 4.78 is 7.84. The molecule has 118 valence electrons. The number of hydrogen-bond acceptors (Lipinski definition) is 4. The molecule has 1 N–H and O–H groups in total. The second-order valence-electron chi connectivity index (χ2n) is 6.24. The van der Waals surface area contributed by atoms with Crippen LogP contribution in [0.15, 0.2) is 42.6 Å². The van der Waals surface area contributed by atoms with Crippen molar-refractivity contribution >= 4 is 0 Å². The third-order valence-electron chi connectivity index (χ3n) is 4.23. The predicted octanol–water partition coefficient (Wildman–Crippen LogP) is 1.82.